The molecular formula is C42H38N2O2. The molecule has 0 saturated carbocycles. The zero-order chi connectivity index (χ0) is 32.1. The Morgan fingerprint density at radius 1 is 0.326 bits per heavy atom. The van der Waals surface area contributed by atoms with Gasteiger partial charge < -0.3 is 9.47 Å². The molecule has 1 heterocycles. The van der Waals surface area contributed by atoms with Gasteiger partial charge in [-0.1, -0.05) is 100 Å². The second-order valence-electron chi connectivity index (χ2n) is 9.83. The van der Waals surface area contributed by atoms with Crippen LogP contribution in [0.25, 0.3) is 0 Å². The lowest BCUT2D eigenvalue weighted by atomic mass is 9.96. The SMILES string of the molecule is CC.CC.c1ccc(Oc2ccc(C3=Nc4ccccc4C(c4ccc(Oc5ccccc5)cc4)=Nc4ccccc43)cc2)cc1. The maximum absolute atomic E-state index is 6.03. The first-order valence-electron chi connectivity index (χ1n) is 15.8. The first kappa shape index (κ1) is 31.7. The summed E-state index contributed by atoms with van der Waals surface area (Å²) < 4.78 is 12.1. The Kier molecular flexibility index (Phi) is 10.9. The summed E-state index contributed by atoms with van der Waals surface area (Å²) in [6.07, 6.45) is 0. The number of hydrogen-bond donors (Lipinski definition) is 0. The van der Waals surface area contributed by atoms with Gasteiger partial charge in [-0.3, -0.25) is 0 Å². The molecule has 46 heavy (non-hydrogen) atoms. The van der Waals surface area contributed by atoms with Crippen LogP contribution in [0.3, 0.4) is 0 Å². The second-order valence-corrected chi connectivity index (χ2v) is 9.83. The Morgan fingerprint density at radius 3 is 1.00 bits per heavy atom. The van der Waals surface area contributed by atoms with E-state index >= 15 is 0 Å². The predicted octanol–water partition coefficient (Wildman–Crippen LogP) is 12.0. The average Bonchev–Trinajstić information content (AvgIpc) is 3.13. The van der Waals surface area contributed by atoms with Crippen molar-refractivity contribution in [1.29, 1.82) is 0 Å². The Balaban J connectivity index is 0.00000100. The molecule has 0 amide bonds. The minimum atomic E-state index is 0.769. The number of hydrogen-bond acceptors (Lipinski definition) is 4. The monoisotopic (exact) mass is 602 g/mol. The molecule has 0 unspecified atom stereocenters. The van der Waals surface area contributed by atoms with Crippen LogP contribution in [0.1, 0.15) is 49.9 Å². The summed E-state index contributed by atoms with van der Waals surface area (Å²) in [4.78, 5) is 10.5. The molecule has 0 spiro atoms. The van der Waals surface area contributed by atoms with E-state index in [2.05, 4.69) is 12.1 Å². The van der Waals surface area contributed by atoms with Crippen molar-refractivity contribution >= 4 is 22.8 Å². The molecule has 6 aromatic carbocycles. The fraction of sp³-hybridized carbons (Fsp3) is 0.0952. The highest BCUT2D eigenvalue weighted by atomic mass is 16.5. The first-order valence-corrected chi connectivity index (χ1v) is 15.8. The summed E-state index contributed by atoms with van der Waals surface area (Å²) in [5.41, 5.74) is 7.33. The minimum Gasteiger partial charge on any atom is -0.457 e. The summed E-state index contributed by atoms with van der Waals surface area (Å²) in [6.45, 7) is 8.00. The van der Waals surface area contributed by atoms with Gasteiger partial charge in [-0.25, -0.2) is 9.98 Å². The van der Waals surface area contributed by atoms with E-state index in [1.54, 1.807) is 0 Å². The number of rotatable bonds is 6. The van der Waals surface area contributed by atoms with Gasteiger partial charge in [-0.15, -0.1) is 0 Å². The standard InChI is InChI=1S/C38H26N2O2.2C2H6/c1-3-11-29(12-4-1)41-31-23-19-27(20-24-31)37-33-15-7-9-17-35(33)40-38(34-16-8-10-18-36(34)39-37)28-21-25-32(26-22-28)42-30-13-5-2-6-14-30;2*1-2/h1-26H;2*1-2H3. The van der Waals surface area contributed by atoms with Crippen LogP contribution < -0.4 is 9.47 Å². The van der Waals surface area contributed by atoms with E-state index in [1.165, 1.54) is 0 Å². The number of ether oxygens (including phenoxy) is 2. The van der Waals surface area contributed by atoms with Crippen molar-refractivity contribution in [2.75, 3.05) is 0 Å². The third-order valence-corrected chi connectivity index (χ3v) is 7.00. The first-order chi connectivity index (χ1) is 22.8. The van der Waals surface area contributed by atoms with E-state index in [0.717, 1.165) is 68.0 Å². The van der Waals surface area contributed by atoms with Crippen molar-refractivity contribution < 1.29 is 9.47 Å². The number of benzene rings is 6. The van der Waals surface area contributed by atoms with E-state index < -0.39 is 0 Å². The van der Waals surface area contributed by atoms with E-state index in [-0.39, 0.29) is 0 Å². The molecule has 4 nitrogen and oxygen atoms in total. The van der Waals surface area contributed by atoms with Gasteiger partial charge in [0.15, 0.2) is 0 Å². The van der Waals surface area contributed by atoms with Crippen molar-refractivity contribution in [1.82, 2.24) is 0 Å². The smallest absolute Gasteiger partial charge is 0.127 e. The van der Waals surface area contributed by atoms with Crippen LogP contribution in [-0.4, -0.2) is 11.4 Å². The molecule has 1 aliphatic rings. The van der Waals surface area contributed by atoms with Crippen molar-refractivity contribution in [2.45, 2.75) is 27.7 Å². The summed E-state index contributed by atoms with van der Waals surface area (Å²) in [6, 6.07) is 52.0. The molecular weight excluding hydrogens is 564 g/mol. The molecule has 1 aliphatic heterocycles. The molecule has 6 aromatic rings. The van der Waals surface area contributed by atoms with Crippen LogP contribution in [0.15, 0.2) is 168 Å². The summed E-state index contributed by atoms with van der Waals surface area (Å²) in [5, 5.41) is 0. The molecule has 0 aromatic heterocycles. The highest BCUT2D eigenvalue weighted by Gasteiger charge is 2.20. The van der Waals surface area contributed by atoms with Crippen molar-refractivity contribution in [3.63, 3.8) is 0 Å². The largest absolute Gasteiger partial charge is 0.457 e. The van der Waals surface area contributed by atoms with Gasteiger partial charge in [-0.05, 0) is 84.9 Å². The zero-order valence-electron chi connectivity index (χ0n) is 26.7. The van der Waals surface area contributed by atoms with Crippen LogP contribution in [0.4, 0.5) is 11.4 Å². The molecule has 0 fully saturated rings. The Labute approximate surface area is 272 Å². The quantitative estimate of drug-likeness (QED) is 0.190. The Hall–Kier alpha value is -5.74. The van der Waals surface area contributed by atoms with Crippen LogP contribution in [0.5, 0.6) is 23.0 Å². The predicted molar refractivity (Wildman–Crippen MR) is 192 cm³/mol. The fourth-order valence-corrected chi connectivity index (χ4v) is 4.96. The molecule has 228 valence electrons. The highest BCUT2D eigenvalue weighted by molar-refractivity contribution is 6.22. The maximum Gasteiger partial charge on any atom is 0.127 e. The van der Waals surface area contributed by atoms with E-state index in [0.29, 0.717) is 0 Å². The topological polar surface area (TPSA) is 43.2 Å². The molecule has 7 rings (SSSR count). The third kappa shape index (κ3) is 7.48. The number of aliphatic imine (C=N–C) groups is 2. The van der Waals surface area contributed by atoms with Crippen LogP contribution in [-0.2, 0) is 0 Å². The number of nitrogens with zero attached hydrogens (tertiary/aromatic N) is 2. The van der Waals surface area contributed by atoms with Gasteiger partial charge in [0.2, 0.25) is 0 Å². The van der Waals surface area contributed by atoms with E-state index in [9.17, 15) is 0 Å². The van der Waals surface area contributed by atoms with Gasteiger partial charge in [0.05, 0.1) is 22.8 Å². The normalized spacial score (nSPS) is 11.3. The lowest BCUT2D eigenvalue weighted by Gasteiger charge is -2.18. The van der Waals surface area contributed by atoms with Crippen LogP contribution >= 0.6 is 0 Å². The summed E-state index contributed by atoms with van der Waals surface area (Å²) >= 11 is 0. The Morgan fingerprint density at radius 2 is 0.630 bits per heavy atom. The van der Waals surface area contributed by atoms with E-state index in [1.807, 2.05) is 173 Å². The van der Waals surface area contributed by atoms with Gasteiger partial charge >= 0.3 is 0 Å². The minimum absolute atomic E-state index is 0.769. The van der Waals surface area contributed by atoms with Gasteiger partial charge in [0.25, 0.3) is 0 Å². The zero-order valence-corrected chi connectivity index (χ0v) is 26.7. The average molecular weight is 603 g/mol. The molecule has 0 radical (unpaired) electrons. The van der Waals surface area contributed by atoms with Crippen molar-refractivity contribution in [2.24, 2.45) is 9.98 Å². The van der Waals surface area contributed by atoms with Crippen molar-refractivity contribution in [3.05, 3.63) is 180 Å². The second kappa shape index (κ2) is 15.8. The molecule has 4 heteroatoms. The molecule has 0 N–H and O–H groups in total. The Bertz CT molecular complexity index is 1750. The highest BCUT2D eigenvalue weighted by Crippen LogP contribution is 2.34. The van der Waals surface area contributed by atoms with Crippen LogP contribution in [0, 0.1) is 0 Å². The number of para-hydroxylation sites is 4. The molecule has 0 aliphatic carbocycles. The molecule has 0 saturated heterocycles. The summed E-state index contributed by atoms with van der Waals surface area (Å²) in [7, 11) is 0. The fourth-order valence-electron chi connectivity index (χ4n) is 4.96. The lowest BCUT2D eigenvalue weighted by molar-refractivity contribution is 0.482. The van der Waals surface area contributed by atoms with E-state index in [4.69, 9.17) is 19.5 Å². The lowest BCUT2D eigenvalue weighted by Crippen LogP contribution is -2.10. The van der Waals surface area contributed by atoms with Crippen molar-refractivity contribution in [3.8, 4) is 23.0 Å². The summed E-state index contributed by atoms with van der Waals surface area (Å²) in [5.74, 6) is 3.14. The molecule has 0 bridgehead atoms. The third-order valence-electron chi connectivity index (χ3n) is 7.00. The molecule has 0 atom stereocenters. The van der Waals surface area contributed by atoms with Gasteiger partial charge in [0, 0.05) is 22.3 Å². The van der Waals surface area contributed by atoms with Crippen LogP contribution in [0.2, 0.25) is 0 Å². The number of fused-ring (bicyclic) bond motifs is 2. The maximum atomic E-state index is 6.03. The van der Waals surface area contributed by atoms with Gasteiger partial charge in [-0.2, -0.15) is 0 Å². The van der Waals surface area contributed by atoms with Gasteiger partial charge in [0.1, 0.15) is 23.0 Å².